The number of ether oxygens (including phenoxy) is 1. The van der Waals surface area contributed by atoms with Gasteiger partial charge in [0.15, 0.2) is 11.5 Å². The van der Waals surface area contributed by atoms with Crippen molar-refractivity contribution in [1.82, 2.24) is 5.32 Å². The Bertz CT molecular complexity index is 951. The molecule has 1 saturated carbocycles. The summed E-state index contributed by atoms with van der Waals surface area (Å²) in [6.07, 6.45) is 7.23. The van der Waals surface area contributed by atoms with Gasteiger partial charge < -0.3 is 10.1 Å². The van der Waals surface area contributed by atoms with E-state index < -0.39 is 0 Å². The molecule has 4 rings (SSSR count). The van der Waals surface area contributed by atoms with Gasteiger partial charge in [0.1, 0.15) is 6.54 Å². The van der Waals surface area contributed by atoms with Gasteiger partial charge in [-0.3, -0.25) is 14.5 Å². The van der Waals surface area contributed by atoms with Crippen molar-refractivity contribution in [1.29, 1.82) is 0 Å². The van der Waals surface area contributed by atoms with Crippen LogP contribution < -0.4 is 15.0 Å². The second kappa shape index (κ2) is 8.82. The second-order valence-electron chi connectivity index (χ2n) is 7.39. The third-order valence-electron chi connectivity index (χ3n) is 5.30. The van der Waals surface area contributed by atoms with E-state index in [2.05, 4.69) is 21.2 Å². The molecule has 1 aliphatic carbocycles. The van der Waals surface area contributed by atoms with Crippen LogP contribution in [0.2, 0.25) is 0 Å². The number of hydrogen-bond acceptors (Lipinski definition) is 3. The maximum absolute atomic E-state index is 13.2. The summed E-state index contributed by atoms with van der Waals surface area (Å²) in [5.74, 6) is 0.303. The maximum Gasteiger partial charge on any atom is 0.294 e. The number of amides is 2. The van der Waals surface area contributed by atoms with Gasteiger partial charge in [-0.1, -0.05) is 65.5 Å². The molecule has 0 aromatic heterocycles. The molecule has 2 aromatic carbocycles. The summed E-state index contributed by atoms with van der Waals surface area (Å²) >= 11 is 3.50. The zero-order chi connectivity index (χ0) is 20.2. The standard InChI is InChI=1S/C23H23BrN2O3/c24-18-11-5-4-8-16(18)14-21-23(28)26(19-12-6-7-13-20(19)29-21)15-22(27)25-17-9-2-1-3-10-17/h4-8,11-14,17H,1-3,9-10,15H2,(H,25,27)/b21-14+. The molecule has 2 amide bonds. The summed E-state index contributed by atoms with van der Waals surface area (Å²) in [7, 11) is 0. The normalized spacial score (nSPS) is 18.3. The summed E-state index contributed by atoms with van der Waals surface area (Å²) in [5, 5.41) is 3.09. The Morgan fingerprint density at radius 1 is 1.10 bits per heavy atom. The van der Waals surface area contributed by atoms with Gasteiger partial charge in [0.05, 0.1) is 5.69 Å². The third kappa shape index (κ3) is 4.53. The van der Waals surface area contributed by atoms with Crippen LogP contribution in [-0.4, -0.2) is 24.4 Å². The molecule has 0 bridgehead atoms. The Kier molecular flexibility index (Phi) is 6.00. The molecule has 6 heteroatoms. The van der Waals surface area contributed by atoms with Crippen molar-refractivity contribution in [3.63, 3.8) is 0 Å². The van der Waals surface area contributed by atoms with E-state index >= 15 is 0 Å². The average Bonchev–Trinajstić information content (AvgIpc) is 2.73. The van der Waals surface area contributed by atoms with Gasteiger partial charge >= 0.3 is 0 Å². The Balaban J connectivity index is 1.59. The van der Waals surface area contributed by atoms with Crippen molar-refractivity contribution in [2.24, 2.45) is 0 Å². The highest BCUT2D eigenvalue weighted by molar-refractivity contribution is 9.10. The molecule has 0 spiro atoms. The fourth-order valence-corrected chi connectivity index (χ4v) is 4.22. The quantitative estimate of drug-likeness (QED) is 0.683. The number of nitrogens with zero attached hydrogens (tertiary/aromatic N) is 1. The number of para-hydroxylation sites is 2. The SMILES string of the molecule is O=C(CN1C(=O)/C(=C\c2ccccc2Br)Oc2ccccc21)NC1CCCCC1. The number of nitrogens with one attached hydrogen (secondary N) is 1. The molecule has 29 heavy (non-hydrogen) atoms. The third-order valence-corrected chi connectivity index (χ3v) is 6.02. The Morgan fingerprint density at radius 3 is 2.62 bits per heavy atom. The molecule has 1 heterocycles. The van der Waals surface area contributed by atoms with E-state index in [1.807, 2.05) is 42.5 Å². The lowest BCUT2D eigenvalue weighted by Crippen LogP contribution is -2.47. The maximum atomic E-state index is 13.2. The van der Waals surface area contributed by atoms with Crippen LogP contribution in [0.15, 0.2) is 58.8 Å². The largest absolute Gasteiger partial charge is 0.449 e. The summed E-state index contributed by atoms with van der Waals surface area (Å²) in [6.45, 7) is -0.0248. The number of rotatable bonds is 4. The lowest BCUT2D eigenvalue weighted by atomic mass is 9.95. The fourth-order valence-electron chi connectivity index (χ4n) is 3.82. The van der Waals surface area contributed by atoms with Gasteiger partial charge in [0, 0.05) is 10.5 Å². The van der Waals surface area contributed by atoms with Crippen LogP contribution in [0.5, 0.6) is 5.75 Å². The first-order valence-corrected chi connectivity index (χ1v) is 10.8. The van der Waals surface area contributed by atoms with Crippen molar-refractivity contribution in [3.8, 4) is 5.75 Å². The first-order chi connectivity index (χ1) is 14.1. The van der Waals surface area contributed by atoms with E-state index in [1.54, 1.807) is 12.1 Å². The summed E-state index contributed by atoms with van der Waals surface area (Å²) in [6, 6.07) is 15.1. The molecular weight excluding hydrogens is 432 g/mol. The first kappa shape index (κ1) is 19.7. The number of halogens is 1. The number of fused-ring (bicyclic) bond motifs is 1. The lowest BCUT2D eigenvalue weighted by Gasteiger charge is -2.31. The monoisotopic (exact) mass is 454 g/mol. The summed E-state index contributed by atoms with van der Waals surface area (Å²) < 4.78 is 6.75. The zero-order valence-corrected chi connectivity index (χ0v) is 17.7. The van der Waals surface area contributed by atoms with Crippen LogP contribution in [0.1, 0.15) is 37.7 Å². The van der Waals surface area contributed by atoms with Crippen LogP contribution >= 0.6 is 15.9 Å². The molecule has 1 fully saturated rings. The van der Waals surface area contributed by atoms with Crippen LogP contribution in [0.4, 0.5) is 5.69 Å². The smallest absolute Gasteiger partial charge is 0.294 e. The van der Waals surface area contributed by atoms with Crippen LogP contribution in [0, 0.1) is 0 Å². The highest BCUT2D eigenvalue weighted by Crippen LogP contribution is 2.36. The van der Waals surface area contributed by atoms with Crippen molar-refractivity contribution in [2.75, 3.05) is 11.4 Å². The van der Waals surface area contributed by atoms with E-state index in [0.717, 1.165) is 35.7 Å². The van der Waals surface area contributed by atoms with Crippen molar-refractivity contribution >= 4 is 39.5 Å². The molecule has 0 unspecified atom stereocenters. The Hall–Kier alpha value is -2.60. The van der Waals surface area contributed by atoms with Gasteiger partial charge in [-0.15, -0.1) is 0 Å². The van der Waals surface area contributed by atoms with E-state index in [1.165, 1.54) is 11.3 Å². The van der Waals surface area contributed by atoms with Crippen molar-refractivity contribution in [3.05, 3.63) is 64.3 Å². The number of anilines is 1. The van der Waals surface area contributed by atoms with Gasteiger partial charge in [0.2, 0.25) is 5.91 Å². The number of carbonyl (C=O) groups is 2. The molecule has 5 nitrogen and oxygen atoms in total. The molecular formula is C23H23BrN2O3. The number of hydrogen-bond donors (Lipinski definition) is 1. The van der Waals surface area contributed by atoms with Gasteiger partial charge in [0.25, 0.3) is 5.91 Å². The average molecular weight is 455 g/mol. The number of benzene rings is 2. The Labute approximate surface area is 178 Å². The first-order valence-electron chi connectivity index (χ1n) is 9.96. The lowest BCUT2D eigenvalue weighted by molar-refractivity contribution is -0.124. The molecule has 150 valence electrons. The minimum atomic E-state index is -0.321. The predicted molar refractivity (Wildman–Crippen MR) is 117 cm³/mol. The molecule has 2 aliphatic rings. The van der Waals surface area contributed by atoms with E-state index in [0.29, 0.717) is 11.4 Å². The minimum absolute atomic E-state index is 0.0248. The number of carbonyl (C=O) groups excluding carboxylic acids is 2. The molecule has 0 atom stereocenters. The summed E-state index contributed by atoms with van der Waals surface area (Å²) in [4.78, 5) is 27.3. The van der Waals surface area contributed by atoms with Crippen LogP contribution in [0.25, 0.3) is 6.08 Å². The highest BCUT2D eigenvalue weighted by Gasteiger charge is 2.32. The molecule has 1 aliphatic heterocycles. The van der Waals surface area contributed by atoms with Crippen LogP contribution in [-0.2, 0) is 9.59 Å². The highest BCUT2D eigenvalue weighted by atomic mass is 79.9. The molecule has 1 N–H and O–H groups in total. The van der Waals surface area contributed by atoms with Crippen LogP contribution in [0.3, 0.4) is 0 Å². The molecule has 0 saturated heterocycles. The minimum Gasteiger partial charge on any atom is -0.449 e. The van der Waals surface area contributed by atoms with Crippen molar-refractivity contribution in [2.45, 2.75) is 38.1 Å². The zero-order valence-electron chi connectivity index (χ0n) is 16.1. The van der Waals surface area contributed by atoms with Gasteiger partial charge in [-0.2, -0.15) is 0 Å². The van der Waals surface area contributed by atoms with Gasteiger partial charge in [-0.05, 0) is 42.7 Å². The van der Waals surface area contributed by atoms with E-state index in [-0.39, 0.29) is 30.2 Å². The topological polar surface area (TPSA) is 58.6 Å². The van der Waals surface area contributed by atoms with E-state index in [4.69, 9.17) is 4.74 Å². The predicted octanol–water partition coefficient (Wildman–Crippen LogP) is 4.66. The second-order valence-corrected chi connectivity index (χ2v) is 8.25. The molecule has 2 aromatic rings. The van der Waals surface area contributed by atoms with Gasteiger partial charge in [-0.25, -0.2) is 0 Å². The fraction of sp³-hybridized carbons (Fsp3) is 0.304. The van der Waals surface area contributed by atoms with Crippen molar-refractivity contribution < 1.29 is 14.3 Å². The summed E-state index contributed by atoms with van der Waals surface area (Å²) in [5.41, 5.74) is 1.45. The van der Waals surface area contributed by atoms with E-state index in [9.17, 15) is 9.59 Å². The Morgan fingerprint density at radius 2 is 1.83 bits per heavy atom. The molecule has 0 radical (unpaired) electrons.